The molecule has 0 aliphatic carbocycles. The number of azide groups is 1. The third kappa shape index (κ3) is 1.42. The molecule has 1 aromatic rings. The Kier molecular flexibility index (Phi) is 1.99. The molecule has 0 spiro atoms. The summed E-state index contributed by atoms with van der Waals surface area (Å²) in [6.07, 6.45) is 0. The van der Waals surface area contributed by atoms with Crippen molar-refractivity contribution in [1.82, 2.24) is 0 Å². The minimum atomic E-state index is 0.590. The second-order valence-corrected chi connectivity index (χ2v) is 2.18. The van der Waals surface area contributed by atoms with E-state index in [-0.39, 0.29) is 0 Å². The maximum atomic E-state index is 8.15. The molecule has 0 amide bonds. The van der Waals surface area contributed by atoms with Gasteiger partial charge in [0, 0.05) is 16.3 Å². The Morgan fingerprint density at radius 3 is 2.91 bits per heavy atom. The summed E-state index contributed by atoms with van der Waals surface area (Å²) in [6.45, 7) is 1.82. The van der Waals surface area contributed by atoms with Crippen LogP contribution in [0, 0.1) is 6.92 Å². The zero-order valence-electron chi connectivity index (χ0n) is 6.15. The Labute approximate surface area is 64.3 Å². The second kappa shape index (κ2) is 2.94. The number of nitrogens with zero attached hydrogens (tertiary/aromatic N) is 3. The fourth-order valence-electron chi connectivity index (χ4n) is 0.797. The van der Waals surface area contributed by atoms with E-state index >= 15 is 0 Å². The molecule has 0 unspecified atom stereocenters. The van der Waals surface area contributed by atoms with Crippen LogP contribution in [-0.2, 0) is 0 Å². The van der Waals surface area contributed by atoms with Crippen LogP contribution in [0.4, 0.5) is 11.4 Å². The molecule has 0 heterocycles. The Morgan fingerprint density at radius 1 is 1.55 bits per heavy atom. The molecule has 0 atom stereocenters. The van der Waals surface area contributed by atoms with Gasteiger partial charge in [-0.3, -0.25) is 0 Å². The van der Waals surface area contributed by atoms with E-state index in [2.05, 4.69) is 10.0 Å². The minimum Gasteiger partial charge on any atom is -0.399 e. The van der Waals surface area contributed by atoms with E-state index in [1.807, 2.05) is 6.92 Å². The fourth-order valence-corrected chi connectivity index (χ4v) is 0.797. The zero-order chi connectivity index (χ0) is 8.27. The molecule has 11 heavy (non-hydrogen) atoms. The van der Waals surface area contributed by atoms with Gasteiger partial charge in [0.15, 0.2) is 0 Å². The van der Waals surface area contributed by atoms with Crippen LogP contribution in [0.15, 0.2) is 23.3 Å². The predicted octanol–water partition coefficient (Wildman–Crippen LogP) is 2.52. The number of anilines is 1. The second-order valence-electron chi connectivity index (χ2n) is 2.18. The Balaban J connectivity index is 3.26. The first-order valence-corrected chi connectivity index (χ1v) is 3.16. The summed E-state index contributed by atoms with van der Waals surface area (Å²) in [5.74, 6) is 0. The van der Waals surface area contributed by atoms with E-state index in [4.69, 9.17) is 11.3 Å². The van der Waals surface area contributed by atoms with E-state index < -0.39 is 0 Å². The van der Waals surface area contributed by atoms with Gasteiger partial charge in [0.05, 0.1) is 0 Å². The van der Waals surface area contributed by atoms with Crippen molar-refractivity contribution >= 4 is 11.4 Å². The monoisotopic (exact) mass is 148 g/mol. The number of benzene rings is 1. The highest BCUT2D eigenvalue weighted by atomic mass is 15.1. The molecule has 4 nitrogen and oxygen atoms in total. The van der Waals surface area contributed by atoms with Crippen molar-refractivity contribution < 1.29 is 0 Å². The van der Waals surface area contributed by atoms with Crippen molar-refractivity contribution in [2.24, 2.45) is 5.11 Å². The molecule has 0 aromatic heterocycles. The third-order valence-electron chi connectivity index (χ3n) is 1.50. The SMILES string of the molecule is Cc1c(N)cccc1N=[N+]=[N-]. The molecule has 0 aliphatic rings. The first kappa shape index (κ1) is 7.44. The molecule has 1 rings (SSSR count). The number of nitrogen functional groups attached to an aromatic ring is 1. The quantitative estimate of drug-likeness (QED) is 0.282. The highest BCUT2D eigenvalue weighted by Crippen LogP contribution is 2.22. The molecule has 4 heteroatoms. The lowest BCUT2D eigenvalue weighted by molar-refractivity contribution is 1.38. The molecular formula is C7H8N4. The van der Waals surface area contributed by atoms with E-state index in [0.29, 0.717) is 11.4 Å². The third-order valence-corrected chi connectivity index (χ3v) is 1.50. The number of hydrogen-bond donors (Lipinski definition) is 1. The predicted molar refractivity (Wildman–Crippen MR) is 44.4 cm³/mol. The average molecular weight is 148 g/mol. The van der Waals surface area contributed by atoms with Crippen molar-refractivity contribution in [1.29, 1.82) is 0 Å². The molecule has 0 fully saturated rings. The van der Waals surface area contributed by atoms with Crippen LogP contribution < -0.4 is 5.73 Å². The van der Waals surface area contributed by atoms with Crippen LogP contribution in [0.25, 0.3) is 10.4 Å². The molecule has 1 aromatic carbocycles. The zero-order valence-corrected chi connectivity index (χ0v) is 6.15. The normalized spacial score (nSPS) is 8.82. The van der Waals surface area contributed by atoms with Crippen LogP contribution in [0.5, 0.6) is 0 Å². The van der Waals surface area contributed by atoms with Gasteiger partial charge in [0.1, 0.15) is 0 Å². The van der Waals surface area contributed by atoms with Crippen molar-refractivity contribution in [3.63, 3.8) is 0 Å². The van der Waals surface area contributed by atoms with Gasteiger partial charge in [0.2, 0.25) is 0 Å². The fraction of sp³-hybridized carbons (Fsp3) is 0.143. The van der Waals surface area contributed by atoms with Gasteiger partial charge in [-0.15, -0.1) is 0 Å². The standard InChI is InChI=1S/C7H8N4/c1-5-6(8)3-2-4-7(5)10-11-9/h2-4H,8H2,1H3. The molecule has 56 valence electrons. The molecule has 0 saturated carbocycles. The number of rotatable bonds is 1. The Bertz CT molecular complexity index is 312. The minimum absolute atomic E-state index is 0.590. The van der Waals surface area contributed by atoms with Gasteiger partial charge in [-0.1, -0.05) is 17.2 Å². The summed E-state index contributed by atoms with van der Waals surface area (Å²) in [7, 11) is 0. The average Bonchev–Trinajstić information content (AvgIpc) is 1.99. The van der Waals surface area contributed by atoms with Gasteiger partial charge in [0.25, 0.3) is 0 Å². The van der Waals surface area contributed by atoms with Crippen LogP contribution >= 0.6 is 0 Å². The van der Waals surface area contributed by atoms with Crippen LogP contribution in [0.2, 0.25) is 0 Å². The van der Waals surface area contributed by atoms with E-state index in [1.165, 1.54) is 0 Å². The number of nitrogens with two attached hydrogens (primary N) is 1. The Hall–Kier alpha value is -1.67. The highest BCUT2D eigenvalue weighted by molar-refractivity contribution is 5.59. The van der Waals surface area contributed by atoms with Crippen LogP contribution in [-0.4, -0.2) is 0 Å². The summed E-state index contributed by atoms with van der Waals surface area (Å²) < 4.78 is 0. The first-order valence-electron chi connectivity index (χ1n) is 3.16. The van der Waals surface area contributed by atoms with Gasteiger partial charge in [-0.05, 0) is 24.1 Å². The summed E-state index contributed by atoms with van der Waals surface area (Å²) in [5.41, 5.74) is 15.8. The topological polar surface area (TPSA) is 74.8 Å². The molecule has 0 aliphatic heterocycles. The maximum Gasteiger partial charge on any atom is 0.0425 e. The van der Waals surface area contributed by atoms with Crippen molar-refractivity contribution in [2.45, 2.75) is 6.92 Å². The summed E-state index contributed by atoms with van der Waals surface area (Å²) >= 11 is 0. The summed E-state index contributed by atoms with van der Waals surface area (Å²) in [4.78, 5) is 2.68. The molecule has 0 bridgehead atoms. The van der Waals surface area contributed by atoms with E-state index in [1.54, 1.807) is 18.2 Å². The van der Waals surface area contributed by atoms with Crippen molar-refractivity contribution in [2.75, 3.05) is 5.73 Å². The smallest absolute Gasteiger partial charge is 0.0425 e. The molecule has 0 saturated heterocycles. The highest BCUT2D eigenvalue weighted by Gasteiger charge is 1.96. The van der Waals surface area contributed by atoms with Gasteiger partial charge < -0.3 is 5.73 Å². The molecule has 0 radical (unpaired) electrons. The largest absolute Gasteiger partial charge is 0.399 e. The van der Waals surface area contributed by atoms with Crippen LogP contribution in [0.1, 0.15) is 5.56 Å². The summed E-state index contributed by atoms with van der Waals surface area (Å²) in [5, 5.41) is 3.47. The van der Waals surface area contributed by atoms with Gasteiger partial charge >= 0.3 is 0 Å². The lowest BCUT2D eigenvalue weighted by Crippen LogP contribution is -1.87. The van der Waals surface area contributed by atoms with Gasteiger partial charge in [-0.25, -0.2) is 0 Å². The summed E-state index contributed by atoms with van der Waals surface area (Å²) in [6, 6.07) is 5.25. The van der Waals surface area contributed by atoms with Gasteiger partial charge in [-0.2, -0.15) is 0 Å². The van der Waals surface area contributed by atoms with E-state index in [0.717, 1.165) is 5.56 Å². The molecule has 2 N–H and O–H groups in total. The van der Waals surface area contributed by atoms with Crippen molar-refractivity contribution in [3.05, 3.63) is 34.2 Å². The van der Waals surface area contributed by atoms with Crippen LogP contribution in [0.3, 0.4) is 0 Å². The van der Waals surface area contributed by atoms with E-state index in [9.17, 15) is 0 Å². The lowest BCUT2D eigenvalue weighted by atomic mass is 10.2. The maximum absolute atomic E-state index is 8.15. The lowest BCUT2D eigenvalue weighted by Gasteiger charge is -2.00. The molecular weight excluding hydrogens is 140 g/mol. The Morgan fingerprint density at radius 2 is 2.27 bits per heavy atom. The number of hydrogen-bond acceptors (Lipinski definition) is 2. The van der Waals surface area contributed by atoms with Crippen molar-refractivity contribution in [3.8, 4) is 0 Å². The first-order chi connectivity index (χ1) is 5.25.